The molecule has 1 aliphatic heterocycles. The lowest BCUT2D eigenvalue weighted by atomic mass is 9.92. The summed E-state index contributed by atoms with van der Waals surface area (Å²) in [6.07, 6.45) is -1.02. The Balaban J connectivity index is 2.89. The summed E-state index contributed by atoms with van der Waals surface area (Å²) in [5.74, 6) is -0.449. The van der Waals surface area contributed by atoms with Gasteiger partial charge in [0.1, 0.15) is 5.60 Å². The number of nitrogens with zero attached hydrogens (tertiary/aromatic N) is 1. The Labute approximate surface area is 70.5 Å². The molecule has 1 fully saturated rings. The molecule has 1 aliphatic rings. The van der Waals surface area contributed by atoms with Gasteiger partial charge in [-0.3, -0.25) is 10.1 Å². The lowest BCUT2D eigenvalue weighted by Crippen LogP contribution is -2.41. The molecule has 5 heteroatoms. The Hall–Kier alpha value is -0.680. The van der Waals surface area contributed by atoms with E-state index in [4.69, 9.17) is 4.74 Å². The summed E-state index contributed by atoms with van der Waals surface area (Å²) < 4.78 is 5.05. The van der Waals surface area contributed by atoms with Crippen molar-refractivity contribution in [2.75, 3.05) is 0 Å². The zero-order valence-electron chi connectivity index (χ0n) is 7.35. The molecule has 0 aromatic heterocycles. The molecular weight excluding hydrogens is 162 g/mol. The molecule has 12 heavy (non-hydrogen) atoms. The highest BCUT2D eigenvalue weighted by atomic mass is 16.7. The topological polar surface area (TPSA) is 72.6 Å². The van der Waals surface area contributed by atoms with Crippen molar-refractivity contribution in [2.24, 2.45) is 5.92 Å². The highest BCUT2D eigenvalue weighted by Gasteiger charge is 2.54. The number of rotatable bonds is 1. The van der Waals surface area contributed by atoms with Crippen LogP contribution in [0.3, 0.4) is 0 Å². The van der Waals surface area contributed by atoms with Crippen molar-refractivity contribution in [2.45, 2.75) is 38.7 Å². The van der Waals surface area contributed by atoms with Crippen LogP contribution in [0, 0.1) is 16.0 Å². The number of aliphatic hydroxyl groups is 1. The van der Waals surface area contributed by atoms with E-state index >= 15 is 0 Å². The van der Waals surface area contributed by atoms with Gasteiger partial charge in [-0.1, -0.05) is 6.92 Å². The molecular formula is C7H13NO4. The van der Waals surface area contributed by atoms with Crippen molar-refractivity contribution in [1.82, 2.24) is 0 Å². The maximum absolute atomic E-state index is 10.6. The molecule has 0 aromatic carbocycles. The lowest BCUT2D eigenvalue weighted by Gasteiger charge is -2.19. The van der Waals surface area contributed by atoms with E-state index in [0.717, 1.165) is 0 Å². The average molecular weight is 175 g/mol. The molecule has 1 N–H and O–H groups in total. The zero-order chi connectivity index (χ0) is 9.52. The van der Waals surface area contributed by atoms with E-state index in [-0.39, 0.29) is 4.92 Å². The Morgan fingerprint density at radius 1 is 1.58 bits per heavy atom. The van der Waals surface area contributed by atoms with Crippen LogP contribution in [0.25, 0.3) is 0 Å². The molecule has 0 amide bonds. The molecule has 0 aliphatic carbocycles. The van der Waals surface area contributed by atoms with Crippen LogP contribution in [0.4, 0.5) is 0 Å². The lowest BCUT2D eigenvalue weighted by molar-refractivity contribution is -0.541. The minimum absolute atomic E-state index is 0.388. The summed E-state index contributed by atoms with van der Waals surface area (Å²) in [6.45, 7) is 4.85. The van der Waals surface area contributed by atoms with E-state index in [1.807, 2.05) is 0 Å². The van der Waals surface area contributed by atoms with Crippen LogP contribution in [0.1, 0.15) is 20.8 Å². The smallest absolute Gasteiger partial charge is 0.248 e. The second-order valence-electron chi connectivity index (χ2n) is 3.70. The van der Waals surface area contributed by atoms with Gasteiger partial charge >= 0.3 is 0 Å². The summed E-state index contributed by atoms with van der Waals surface area (Å²) in [5.41, 5.74) is -0.873. The number of nitro groups is 1. The summed E-state index contributed by atoms with van der Waals surface area (Å²) in [6, 6.07) is -0.826. The molecule has 2 unspecified atom stereocenters. The van der Waals surface area contributed by atoms with Crippen LogP contribution in [-0.4, -0.2) is 28.0 Å². The largest absolute Gasteiger partial charge is 0.367 e. The van der Waals surface area contributed by atoms with Gasteiger partial charge in [-0.2, -0.15) is 0 Å². The Morgan fingerprint density at radius 3 is 2.25 bits per heavy atom. The van der Waals surface area contributed by atoms with Gasteiger partial charge in [-0.05, 0) is 13.8 Å². The molecule has 1 rings (SSSR count). The third-order valence-corrected chi connectivity index (χ3v) is 2.31. The second-order valence-corrected chi connectivity index (χ2v) is 3.70. The van der Waals surface area contributed by atoms with Crippen LogP contribution in [0.15, 0.2) is 0 Å². The maximum atomic E-state index is 10.6. The van der Waals surface area contributed by atoms with Gasteiger partial charge in [-0.25, -0.2) is 0 Å². The van der Waals surface area contributed by atoms with E-state index in [2.05, 4.69) is 0 Å². The first-order valence-electron chi connectivity index (χ1n) is 3.85. The summed E-state index contributed by atoms with van der Waals surface area (Å²) in [5, 5.41) is 19.8. The second kappa shape index (κ2) is 2.67. The minimum atomic E-state index is -1.02. The van der Waals surface area contributed by atoms with Gasteiger partial charge in [0, 0.05) is 4.92 Å². The van der Waals surface area contributed by atoms with Gasteiger partial charge in [0.15, 0.2) is 6.29 Å². The van der Waals surface area contributed by atoms with Crippen LogP contribution in [0.2, 0.25) is 0 Å². The molecule has 0 radical (unpaired) electrons. The predicted octanol–water partition coefficient (Wildman–Crippen LogP) is 0.395. The fourth-order valence-electron chi connectivity index (χ4n) is 1.72. The van der Waals surface area contributed by atoms with Crippen LogP contribution >= 0.6 is 0 Å². The van der Waals surface area contributed by atoms with Crippen molar-refractivity contribution in [3.63, 3.8) is 0 Å². The molecule has 1 saturated heterocycles. The third kappa shape index (κ3) is 1.30. The van der Waals surface area contributed by atoms with E-state index in [1.165, 1.54) is 0 Å². The molecule has 5 nitrogen and oxygen atoms in total. The predicted molar refractivity (Wildman–Crippen MR) is 41.1 cm³/mol. The highest BCUT2D eigenvalue weighted by molar-refractivity contribution is 4.91. The maximum Gasteiger partial charge on any atom is 0.248 e. The number of hydrogen-bond donors (Lipinski definition) is 1. The molecule has 3 atom stereocenters. The molecule has 70 valence electrons. The highest BCUT2D eigenvalue weighted by Crippen LogP contribution is 2.35. The van der Waals surface area contributed by atoms with Crippen LogP contribution in [-0.2, 0) is 4.74 Å². The fraction of sp³-hybridized carbons (Fsp3) is 1.00. The monoisotopic (exact) mass is 175 g/mol. The molecule has 0 spiro atoms. The van der Waals surface area contributed by atoms with E-state index in [0.29, 0.717) is 0 Å². The van der Waals surface area contributed by atoms with Crippen molar-refractivity contribution < 1.29 is 14.8 Å². The Morgan fingerprint density at radius 2 is 2.08 bits per heavy atom. The number of hydrogen-bond acceptors (Lipinski definition) is 4. The first kappa shape index (κ1) is 9.41. The van der Waals surface area contributed by atoms with Crippen molar-refractivity contribution in [3.8, 4) is 0 Å². The molecule has 0 bridgehead atoms. The van der Waals surface area contributed by atoms with Gasteiger partial charge < -0.3 is 9.84 Å². The van der Waals surface area contributed by atoms with Crippen LogP contribution in [0.5, 0.6) is 0 Å². The quantitative estimate of drug-likeness (QED) is 0.462. The van der Waals surface area contributed by atoms with Gasteiger partial charge in [-0.15, -0.1) is 0 Å². The normalized spacial score (nSPS) is 39.8. The van der Waals surface area contributed by atoms with Crippen molar-refractivity contribution in [1.29, 1.82) is 0 Å². The first-order valence-corrected chi connectivity index (χ1v) is 3.85. The average Bonchev–Trinajstić information content (AvgIpc) is 2.01. The SMILES string of the molecule is C[C@@H]1C(O)OC(C)(C)C1[N+](=O)[O-]. The number of ether oxygens (including phenoxy) is 1. The third-order valence-electron chi connectivity index (χ3n) is 2.31. The zero-order valence-corrected chi connectivity index (χ0v) is 7.35. The minimum Gasteiger partial charge on any atom is -0.367 e. The van der Waals surface area contributed by atoms with Crippen LogP contribution < -0.4 is 0 Å². The van der Waals surface area contributed by atoms with Crippen molar-refractivity contribution >= 4 is 0 Å². The van der Waals surface area contributed by atoms with Gasteiger partial charge in [0.2, 0.25) is 6.04 Å². The Kier molecular flexibility index (Phi) is 2.09. The Bertz CT molecular complexity index is 204. The molecule has 0 saturated carbocycles. The van der Waals surface area contributed by atoms with E-state index < -0.39 is 23.9 Å². The van der Waals surface area contributed by atoms with Gasteiger partial charge in [0.05, 0.1) is 5.92 Å². The number of aliphatic hydroxyl groups excluding tert-OH is 1. The van der Waals surface area contributed by atoms with E-state index in [9.17, 15) is 15.2 Å². The summed E-state index contributed by atoms with van der Waals surface area (Å²) in [4.78, 5) is 10.2. The molecule has 0 aromatic rings. The standard InChI is InChI=1S/C7H13NO4/c1-4-5(8(10)11)7(2,3)12-6(4)9/h4-6,9H,1-3H3/t4-,5?,6?/m0/s1. The van der Waals surface area contributed by atoms with Gasteiger partial charge in [0.25, 0.3) is 0 Å². The summed E-state index contributed by atoms with van der Waals surface area (Å²) in [7, 11) is 0. The van der Waals surface area contributed by atoms with E-state index in [1.54, 1.807) is 20.8 Å². The van der Waals surface area contributed by atoms with Crippen molar-refractivity contribution in [3.05, 3.63) is 10.1 Å². The first-order chi connectivity index (χ1) is 5.36. The fourth-order valence-corrected chi connectivity index (χ4v) is 1.72. The summed E-state index contributed by atoms with van der Waals surface area (Å²) >= 11 is 0. The molecule has 1 heterocycles.